The van der Waals surface area contributed by atoms with Gasteiger partial charge < -0.3 is 5.73 Å². The summed E-state index contributed by atoms with van der Waals surface area (Å²) in [4.78, 5) is 14.6. The van der Waals surface area contributed by atoms with Crippen molar-refractivity contribution in [2.75, 3.05) is 6.54 Å². The lowest BCUT2D eigenvalue weighted by atomic mass is 10.4. The molecule has 1 aromatic rings. The van der Waals surface area contributed by atoms with Gasteiger partial charge in [0.15, 0.2) is 0 Å². The molecule has 0 unspecified atom stereocenters. The van der Waals surface area contributed by atoms with E-state index in [1.807, 2.05) is 0 Å². The molecule has 0 bridgehead atoms. The number of pyridine rings is 1. The van der Waals surface area contributed by atoms with Gasteiger partial charge in [-0.25, -0.2) is 13.4 Å². The first kappa shape index (κ1) is 14.9. The Morgan fingerprint density at radius 1 is 1.50 bits per heavy atom. The smallest absolute Gasteiger partial charge is 0.245 e. The quantitative estimate of drug-likeness (QED) is 0.805. The fourth-order valence-electron chi connectivity index (χ4n) is 1.35. The number of halogens is 1. The molecule has 0 aliphatic carbocycles. The summed E-state index contributed by atoms with van der Waals surface area (Å²) < 4.78 is 25.5. The van der Waals surface area contributed by atoms with Crippen LogP contribution in [0.25, 0.3) is 0 Å². The monoisotopic (exact) mass is 291 g/mol. The normalized spacial score (nSPS) is 12.1. The zero-order chi connectivity index (χ0) is 13.9. The third-order valence-electron chi connectivity index (χ3n) is 2.19. The van der Waals surface area contributed by atoms with Crippen molar-refractivity contribution in [2.45, 2.75) is 24.8 Å². The Kier molecular flexibility index (Phi) is 4.66. The number of carbonyl (C=O) groups excluding carboxylic acids is 1. The molecule has 0 atom stereocenters. The Bertz CT molecular complexity index is 528. The lowest BCUT2D eigenvalue weighted by Crippen LogP contribution is -2.42. The molecule has 1 amide bonds. The van der Waals surface area contributed by atoms with Gasteiger partial charge >= 0.3 is 0 Å². The minimum Gasteiger partial charge on any atom is -0.369 e. The fourth-order valence-corrected chi connectivity index (χ4v) is 3.01. The fraction of sp³-hybridized carbons (Fsp3) is 0.400. The van der Waals surface area contributed by atoms with Gasteiger partial charge in [0.1, 0.15) is 10.0 Å². The van der Waals surface area contributed by atoms with Gasteiger partial charge in [0, 0.05) is 12.2 Å². The minimum absolute atomic E-state index is 0.0261. The van der Waals surface area contributed by atoms with Gasteiger partial charge in [-0.05, 0) is 26.0 Å². The van der Waals surface area contributed by atoms with Crippen LogP contribution in [0, 0.1) is 0 Å². The molecule has 0 spiro atoms. The van der Waals surface area contributed by atoms with Crippen LogP contribution in [0.4, 0.5) is 0 Å². The molecular formula is C10H14ClN3O3S. The average molecular weight is 292 g/mol. The van der Waals surface area contributed by atoms with E-state index in [4.69, 9.17) is 17.3 Å². The van der Waals surface area contributed by atoms with Gasteiger partial charge in [-0.3, -0.25) is 4.79 Å². The van der Waals surface area contributed by atoms with Crippen LogP contribution in [0.1, 0.15) is 13.8 Å². The Balaban J connectivity index is 3.16. The molecule has 1 rings (SSSR count). The van der Waals surface area contributed by atoms with E-state index in [1.165, 1.54) is 12.1 Å². The second-order valence-corrected chi connectivity index (χ2v) is 6.20. The molecule has 18 heavy (non-hydrogen) atoms. The molecular weight excluding hydrogens is 278 g/mol. The zero-order valence-corrected chi connectivity index (χ0v) is 11.6. The maximum atomic E-state index is 12.3. The van der Waals surface area contributed by atoms with Gasteiger partial charge in [0.2, 0.25) is 15.9 Å². The lowest BCUT2D eigenvalue weighted by molar-refractivity contribution is -0.118. The summed E-state index contributed by atoms with van der Waals surface area (Å²) in [5.74, 6) is -0.714. The maximum Gasteiger partial charge on any atom is 0.245 e. The van der Waals surface area contributed by atoms with Crippen LogP contribution < -0.4 is 5.73 Å². The molecule has 0 aliphatic rings. The standard InChI is InChI=1S/C10H14ClN3O3S/c1-7(2)14(6-10(12)15)18(16,17)8-3-4-9(11)13-5-8/h3-5,7H,6H2,1-2H3,(H2,12,15). The van der Waals surface area contributed by atoms with Crippen molar-refractivity contribution >= 4 is 27.5 Å². The maximum absolute atomic E-state index is 12.3. The lowest BCUT2D eigenvalue weighted by Gasteiger charge is -2.24. The Hall–Kier alpha value is -1.18. The highest BCUT2D eigenvalue weighted by Gasteiger charge is 2.28. The molecule has 1 aromatic heterocycles. The molecule has 0 aliphatic heterocycles. The number of hydrogen-bond donors (Lipinski definition) is 1. The summed E-state index contributed by atoms with van der Waals surface area (Å²) in [6, 6.07) is 2.32. The number of hydrogen-bond acceptors (Lipinski definition) is 4. The molecule has 1 heterocycles. The molecule has 0 saturated heterocycles. The summed E-state index contributed by atoms with van der Waals surface area (Å²) in [7, 11) is -3.80. The summed E-state index contributed by atoms with van der Waals surface area (Å²) in [6.45, 7) is 2.94. The predicted molar refractivity (Wildman–Crippen MR) is 67.5 cm³/mol. The van der Waals surface area contributed by atoms with E-state index >= 15 is 0 Å². The third-order valence-corrected chi connectivity index (χ3v) is 4.42. The van der Waals surface area contributed by atoms with E-state index in [0.29, 0.717) is 0 Å². The highest BCUT2D eigenvalue weighted by Crippen LogP contribution is 2.18. The van der Waals surface area contributed by atoms with E-state index in [-0.39, 0.29) is 16.6 Å². The van der Waals surface area contributed by atoms with E-state index < -0.39 is 22.0 Å². The second kappa shape index (κ2) is 5.64. The Morgan fingerprint density at radius 3 is 2.50 bits per heavy atom. The molecule has 100 valence electrons. The first-order valence-electron chi connectivity index (χ1n) is 5.17. The Morgan fingerprint density at radius 2 is 2.11 bits per heavy atom. The number of primary amides is 1. The van der Waals surface area contributed by atoms with E-state index in [9.17, 15) is 13.2 Å². The second-order valence-electron chi connectivity index (χ2n) is 3.93. The number of carbonyl (C=O) groups is 1. The van der Waals surface area contributed by atoms with Crippen molar-refractivity contribution in [3.8, 4) is 0 Å². The average Bonchev–Trinajstić information content (AvgIpc) is 2.25. The highest BCUT2D eigenvalue weighted by molar-refractivity contribution is 7.89. The molecule has 0 radical (unpaired) electrons. The number of nitrogens with zero attached hydrogens (tertiary/aromatic N) is 2. The van der Waals surface area contributed by atoms with Crippen molar-refractivity contribution < 1.29 is 13.2 Å². The predicted octanol–water partition coefficient (Wildman–Crippen LogP) is 0.619. The number of nitrogens with two attached hydrogens (primary N) is 1. The van der Waals surface area contributed by atoms with Crippen molar-refractivity contribution in [2.24, 2.45) is 5.73 Å². The number of aromatic nitrogens is 1. The largest absolute Gasteiger partial charge is 0.369 e. The van der Waals surface area contributed by atoms with Gasteiger partial charge in [-0.2, -0.15) is 4.31 Å². The van der Waals surface area contributed by atoms with Crippen molar-refractivity contribution in [1.82, 2.24) is 9.29 Å². The van der Waals surface area contributed by atoms with Crippen molar-refractivity contribution in [3.05, 3.63) is 23.5 Å². The summed E-state index contributed by atoms with van der Waals surface area (Å²) in [5.41, 5.74) is 5.05. The van der Waals surface area contributed by atoms with Crippen LogP contribution in [0.3, 0.4) is 0 Å². The van der Waals surface area contributed by atoms with Gasteiger partial charge in [0.05, 0.1) is 6.54 Å². The van der Waals surface area contributed by atoms with Crippen LogP contribution in [-0.2, 0) is 14.8 Å². The van der Waals surface area contributed by atoms with Crippen LogP contribution in [0.5, 0.6) is 0 Å². The van der Waals surface area contributed by atoms with Crippen LogP contribution in [0.2, 0.25) is 5.15 Å². The highest BCUT2D eigenvalue weighted by atomic mass is 35.5. The molecule has 0 saturated carbocycles. The summed E-state index contributed by atoms with van der Waals surface area (Å²) in [6.07, 6.45) is 1.15. The SMILES string of the molecule is CC(C)N(CC(N)=O)S(=O)(=O)c1ccc(Cl)nc1. The van der Waals surface area contributed by atoms with Gasteiger partial charge in [-0.15, -0.1) is 0 Å². The molecule has 0 aromatic carbocycles. The minimum atomic E-state index is -3.80. The molecule has 6 nitrogen and oxygen atoms in total. The molecule has 2 N–H and O–H groups in total. The van der Waals surface area contributed by atoms with Crippen LogP contribution >= 0.6 is 11.6 Å². The van der Waals surface area contributed by atoms with Gasteiger partial charge in [-0.1, -0.05) is 11.6 Å². The number of amides is 1. The molecule has 8 heteroatoms. The Labute approximate surface area is 111 Å². The summed E-state index contributed by atoms with van der Waals surface area (Å²) >= 11 is 5.59. The van der Waals surface area contributed by atoms with E-state index in [0.717, 1.165) is 10.5 Å². The first-order valence-corrected chi connectivity index (χ1v) is 6.98. The zero-order valence-electron chi connectivity index (χ0n) is 10.00. The first-order chi connectivity index (χ1) is 8.25. The topological polar surface area (TPSA) is 93.4 Å². The van der Waals surface area contributed by atoms with E-state index in [1.54, 1.807) is 13.8 Å². The van der Waals surface area contributed by atoms with Crippen LogP contribution in [-0.4, -0.2) is 36.2 Å². The van der Waals surface area contributed by atoms with Crippen LogP contribution in [0.15, 0.2) is 23.2 Å². The van der Waals surface area contributed by atoms with E-state index in [2.05, 4.69) is 4.98 Å². The van der Waals surface area contributed by atoms with Crippen molar-refractivity contribution in [1.29, 1.82) is 0 Å². The number of rotatable bonds is 5. The van der Waals surface area contributed by atoms with Crippen molar-refractivity contribution in [3.63, 3.8) is 0 Å². The third kappa shape index (κ3) is 3.41. The summed E-state index contributed by atoms with van der Waals surface area (Å²) in [5, 5.41) is 0.194. The number of sulfonamides is 1. The van der Waals surface area contributed by atoms with Gasteiger partial charge in [0.25, 0.3) is 0 Å². The molecule has 0 fully saturated rings.